The van der Waals surface area contributed by atoms with Gasteiger partial charge in [-0.3, -0.25) is 0 Å². The molecule has 0 aromatic carbocycles. The Labute approximate surface area is 141 Å². The lowest BCUT2D eigenvalue weighted by Gasteiger charge is -2.17. The summed E-state index contributed by atoms with van der Waals surface area (Å²) < 4.78 is 43.2. The number of aromatic nitrogens is 3. The van der Waals surface area contributed by atoms with Gasteiger partial charge in [-0.1, -0.05) is 0 Å². The lowest BCUT2D eigenvalue weighted by Crippen LogP contribution is -2.25. The van der Waals surface area contributed by atoms with E-state index in [2.05, 4.69) is 15.2 Å². The standard InChI is InChI=1S/C15H15F3N4OS/c1-24-14-5-3-12(20-21-14)22-7-6-11(9-22)23-13-4-2-10(8-19-13)15(16,17)18/h2-5,8,11H,6-7,9H2,1H3. The van der Waals surface area contributed by atoms with Crippen molar-refractivity contribution >= 4 is 17.6 Å². The van der Waals surface area contributed by atoms with E-state index in [1.807, 2.05) is 23.3 Å². The molecule has 2 aromatic heterocycles. The molecule has 24 heavy (non-hydrogen) atoms. The third-order valence-electron chi connectivity index (χ3n) is 3.66. The Kier molecular flexibility index (Phi) is 4.79. The maximum Gasteiger partial charge on any atom is 0.417 e. The molecule has 9 heteroatoms. The van der Waals surface area contributed by atoms with Crippen molar-refractivity contribution in [2.24, 2.45) is 0 Å². The zero-order chi connectivity index (χ0) is 17.2. The van der Waals surface area contributed by atoms with Gasteiger partial charge in [0.15, 0.2) is 5.82 Å². The van der Waals surface area contributed by atoms with Crippen LogP contribution in [0.15, 0.2) is 35.5 Å². The van der Waals surface area contributed by atoms with Crippen molar-refractivity contribution in [3.8, 4) is 5.88 Å². The molecular weight excluding hydrogens is 341 g/mol. The minimum atomic E-state index is -4.39. The first-order chi connectivity index (χ1) is 11.5. The highest BCUT2D eigenvalue weighted by molar-refractivity contribution is 7.98. The second kappa shape index (κ2) is 6.84. The van der Waals surface area contributed by atoms with Gasteiger partial charge in [0.05, 0.1) is 12.1 Å². The van der Waals surface area contributed by atoms with Gasteiger partial charge in [-0.15, -0.1) is 22.0 Å². The van der Waals surface area contributed by atoms with Crippen molar-refractivity contribution in [1.29, 1.82) is 0 Å². The first-order valence-corrected chi connectivity index (χ1v) is 8.51. The van der Waals surface area contributed by atoms with Gasteiger partial charge in [0.1, 0.15) is 11.1 Å². The molecule has 0 amide bonds. The van der Waals surface area contributed by atoms with Crippen LogP contribution >= 0.6 is 11.8 Å². The normalized spacial score (nSPS) is 18.0. The maximum absolute atomic E-state index is 12.5. The molecule has 0 bridgehead atoms. The molecule has 0 saturated carbocycles. The van der Waals surface area contributed by atoms with Crippen molar-refractivity contribution < 1.29 is 17.9 Å². The predicted octanol–water partition coefficient (Wildman–Crippen LogP) is 3.27. The summed E-state index contributed by atoms with van der Waals surface area (Å²) in [6.07, 6.45) is -1.07. The van der Waals surface area contributed by atoms with E-state index in [0.29, 0.717) is 6.54 Å². The first-order valence-electron chi connectivity index (χ1n) is 7.28. The van der Waals surface area contributed by atoms with E-state index in [1.165, 1.54) is 17.8 Å². The molecule has 3 heterocycles. The van der Waals surface area contributed by atoms with Crippen molar-refractivity contribution in [3.05, 3.63) is 36.0 Å². The zero-order valence-corrected chi connectivity index (χ0v) is 13.6. The van der Waals surface area contributed by atoms with Gasteiger partial charge in [0, 0.05) is 25.2 Å². The second-order valence-electron chi connectivity index (χ2n) is 5.29. The average Bonchev–Trinajstić information content (AvgIpc) is 3.03. The van der Waals surface area contributed by atoms with Crippen LogP contribution in [-0.2, 0) is 6.18 Å². The number of thioether (sulfide) groups is 1. The highest BCUT2D eigenvalue weighted by Gasteiger charge is 2.31. The van der Waals surface area contributed by atoms with Crippen LogP contribution in [0, 0.1) is 0 Å². The van der Waals surface area contributed by atoms with E-state index >= 15 is 0 Å². The van der Waals surface area contributed by atoms with Gasteiger partial charge < -0.3 is 9.64 Å². The highest BCUT2D eigenvalue weighted by Crippen LogP contribution is 2.29. The topological polar surface area (TPSA) is 51.1 Å². The Hall–Kier alpha value is -2.03. The number of hydrogen-bond acceptors (Lipinski definition) is 6. The van der Waals surface area contributed by atoms with Crippen LogP contribution < -0.4 is 9.64 Å². The van der Waals surface area contributed by atoms with E-state index in [1.54, 1.807) is 0 Å². The highest BCUT2D eigenvalue weighted by atomic mass is 32.2. The largest absolute Gasteiger partial charge is 0.472 e. The summed E-state index contributed by atoms with van der Waals surface area (Å²) in [5, 5.41) is 9.11. The Morgan fingerprint density at radius 1 is 1.21 bits per heavy atom. The van der Waals surface area contributed by atoms with Gasteiger partial charge in [0.25, 0.3) is 0 Å². The van der Waals surface area contributed by atoms with Crippen molar-refractivity contribution in [3.63, 3.8) is 0 Å². The number of anilines is 1. The zero-order valence-electron chi connectivity index (χ0n) is 12.8. The second-order valence-corrected chi connectivity index (χ2v) is 6.12. The van der Waals surface area contributed by atoms with Crippen molar-refractivity contribution in [2.75, 3.05) is 24.2 Å². The first kappa shape index (κ1) is 16.8. The summed E-state index contributed by atoms with van der Waals surface area (Å²) in [4.78, 5) is 5.77. The number of rotatable bonds is 4. The molecular formula is C15H15F3N4OS. The lowest BCUT2D eigenvalue weighted by atomic mass is 10.3. The molecule has 1 fully saturated rings. The van der Waals surface area contributed by atoms with Crippen LogP contribution in [0.4, 0.5) is 19.0 Å². The SMILES string of the molecule is CSc1ccc(N2CCC(Oc3ccc(C(F)(F)F)cn3)C2)nn1. The van der Waals surface area contributed by atoms with Gasteiger partial charge in [-0.25, -0.2) is 4.98 Å². The Bertz CT molecular complexity index is 679. The number of pyridine rings is 1. The predicted molar refractivity (Wildman–Crippen MR) is 84.3 cm³/mol. The molecule has 0 aliphatic carbocycles. The van der Waals surface area contributed by atoms with Crippen molar-refractivity contribution in [2.45, 2.75) is 23.7 Å². The summed E-state index contributed by atoms with van der Waals surface area (Å²) >= 11 is 1.52. The minimum Gasteiger partial charge on any atom is -0.472 e. The number of alkyl halides is 3. The van der Waals surface area contributed by atoms with Crippen LogP contribution in [-0.4, -0.2) is 40.6 Å². The van der Waals surface area contributed by atoms with E-state index in [0.717, 1.165) is 36.1 Å². The molecule has 3 rings (SSSR count). The lowest BCUT2D eigenvalue weighted by molar-refractivity contribution is -0.137. The van der Waals surface area contributed by atoms with Crippen molar-refractivity contribution in [1.82, 2.24) is 15.2 Å². The van der Waals surface area contributed by atoms with Crippen LogP contribution in [0.3, 0.4) is 0 Å². The Morgan fingerprint density at radius 2 is 2.04 bits per heavy atom. The molecule has 1 atom stereocenters. The monoisotopic (exact) mass is 356 g/mol. The average molecular weight is 356 g/mol. The molecule has 1 saturated heterocycles. The molecule has 0 N–H and O–H groups in total. The minimum absolute atomic E-state index is 0.142. The van der Waals surface area contributed by atoms with Crippen LogP contribution in [0.2, 0.25) is 0 Å². The maximum atomic E-state index is 12.5. The van der Waals surface area contributed by atoms with E-state index < -0.39 is 11.7 Å². The number of ether oxygens (including phenoxy) is 1. The van der Waals surface area contributed by atoms with Gasteiger partial charge in [-0.05, 0) is 24.5 Å². The summed E-state index contributed by atoms with van der Waals surface area (Å²) in [6, 6.07) is 6.02. The summed E-state index contributed by atoms with van der Waals surface area (Å²) in [7, 11) is 0. The molecule has 5 nitrogen and oxygen atoms in total. The third-order valence-corrected chi connectivity index (χ3v) is 4.29. The molecule has 0 spiro atoms. The summed E-state index contributed by atoms with van der Waals surface area (Å²) in [6.45, 7) is 1.34. The molecule has 1 aliphatic rings. The fraction of sp³-hybridized carbons (Fsp3) is 0.400. The summed E-state index contributed by atoms with van der Waals surface area (Å²) in [5.74, 6) is 0.956. The van der Waals surface area contributed by atoms with Crippen LogP contribution in [0.5, 0.6) is 5.88 Å². The molecule has 0 radical (unpaired) electrons. The quantitative estimate of drug-likeness (QED) is 0.784. The van der Waals surface area contributed by atoms with Crippen LogP contribution in [0.25, 0.3) is 0 Å². The third kappa shape index (κ3) is 3.89. The van der Waals surface area contributed by atoms with Gasteiger partial charge >= 0.3 is 6.18 Å². The Morgan fingerprint density at radius 3 is 2.62 bits per heavy atom. The number of hydrogen-bond donors (Lipinski definition) is 0. The van der Waals surface area contributed by atoms with E-state index in [4.69, 9.17) is 4.74 Å². The van der Waals surface area contributed by atoms with E-state index in [9.17, 15) is 13.2 Å². The van der Waals surface area contributed by atoms with Gasteiger partial charge in [-0.2, -0.15) is 13.2 Å². The molecule has 1 aliphatic heterocycles. The summed E-state index contributed by atoms with van der Waals surface area (Å²) in [5.41, 5.74) is -0.785. The fourth-order valence-electron chi connectivity index (χ4n) is 2.41. The number of nitrogens with zero attached hydrogens (tertiary/aromatic N) is 4. The smallest absolute Gasteiger partial charge is 0.417 e. The number of halogens is 3. The molecule has 2 aromatic rings. The van der Waals surface area contributed by atoms with Gasteiger partial charge in [0.2, 0.25) is 5.88 Å². The Balaban J connectivity index is 1.59. The molecule has 1 unspecified atom stereocenters. The fourth-order valence-corrected chi connectivity index (χ4v) is 2.74. The van der Waals surface area contributed by atoms with Crippen LogP contribution in [0.1, 0.15) is 12.0 Å². The molecule has 128 valence electrons. The van der Waals surface area contributed by atoms with E-state index in [-0.39, 0.29) is 12.0 Å².